The second-order valence-electron chi connectivity index (χ2n) is 3.00. The largest absolute Gasteiger partial charge is 0.301 e. The molecule has 0 aliphatic carbocycles. The topological polar surface area (TPSA) is 17.3 Å². The first kappa shape index (κ1) is 8.85. The highest BCUT2D eigenvalue weighted by molar-refractivity contribution is 6.36. The minimum Gasteiger partial charge on any atom is -0.301 e. The van der Waals surface area contributed by atoms with Gasteiger partial charge in [0.2, 0.25) is 0 Å². The number of fused-ring (bicyclic) bond motifs is 1. The summed E-state index contributed by atoms with van der Waals surface area (Å²) in [6, 6.07) is 1.72. The maximum Gasteiger partial charge on any atom is 0.156 e. The van der Waals surface area contributed by atoms with Gasteiger partial charge in [-0.3, -0.25) is 0 Å². The van der Waals surface area contributed by atoms with E-state index in [-0.39, 0.29) is 0 Å². The molecular formula is C9H8Cl2N2. The monoisotopic (exact) mass is 214 g/mol. The van der Waals surface area contributed by atoms with Gasteiger partial charge in [-0.15, -0.1) is 0 Å². The fraction of sp³-hybridized carbons (Fsp3) is 0.222. The average Bonchev–Trinajstić information content (AvgIpc) is 2.44. The Hall–Kier alpha value is -0.730. The molecule has 0 aromatic carbocycles. The van der Waals surface area contributed by atoms with Crippen molar-refractivity contribution in [1.29, 1.82) is 0 Å². The van der Waals surface area contributed by atoms with E-state index < -0.39 is 0 Å². The van der Waals surface area contributed by atoms with Crippen LogP contribution >= 0.6 is 23.2 Å². The van der Waals surface area contributed by atoms with E-state index in [1.54, 1.807) is 6.07 Å². The molecule has 0 saturated heterocycles. The molecule has 4 heteroatoms. The SMILES string of the molecule is Cc1cn2c(C)c(Cl)cc(Cl)c2n1. The highest BCUT2D eigenvalue weighted by Gasteiger charge is 2.07. The molecule has 2 aromatic heterocycles. The predicted octanol–water partition coefficient (Wildman–Crippen LogP) is 3.26. The van der Waals surface area contributed by atoms with Crippen LogP contribution in [0.1, 0.15) is 11.4 Å². The number of rotatable bonds is 0. The van der Waals surface area contributed by atoms with Crippen LogP contribution in [0.5, 0.6) is 0 Å². The third-order valence-electron chi connectivity index (χ3n) is 2.00. The summed E-state index contributed by atoms with van der Waals surface area (Å²) < 4.78 is 1.90. The van der Waals surface area contributed by atoms with E-state index >= 15 is 0 Å². The lowest BCUT2D eigenvalue weighted by Crippen LogP contribution is -1.91. The molecule has 0 atom stereocenters. The van der Waals surface area contributed by atoms with Crippen LogP contribution in [0.25, 0.3) is 5.65 Å². The van der Waals surface area contributed by atoms with Crippen molar-refractivity contribution in [2.45, 2.75) is 13.8 Å². The Morgan fingerprint density at radius 2 is 1.92 bits per heavy atom. The second-order valence-corrected chi connectivity index (χ2v) is 3.82. The Balaban J connectivity index is 2.95. The summed E-state index contributed by atoms with van der Waals surface area (Å²) in [7, 11) is 0. The van der Waals surface area contributed by atoms with E-state index in [4.69, 9.17) is 23.2 Å². The van der Waals surface area contributed by atoms with E-state index in [0.717, 1.165) is 17.0 Å². The third-order valence-corrected chi connectivity index (χ3v) is 2.66. The third kappa shape index (κ3) is 1.30. The van der Waals surface area contributed by atoms with Crippen molar-refractivity contribution in [1.82, 2.24) is 9.38 Å². The lowest BCUT2D eigenvalue weighted by atomic mass is 10.3. The van der Waals surface area contributed by atoms with Crippen LogP contribution in [0, 0.1) is 13.8 Å². The lowest BCUT2D eigenvalue weighted by Gasteiger charge is -2.03. The van der Waals surface area contributed by atoms with Gasteiger partial charge >= 0.3 is 0 Å². The van der Waals surface area contributed by atoms with Gasteiger partial charge in [-0.25, -0.2) is 4.98 Å². The van der Waals surface area contributed by atoms with Gasteiger partial charge in [0.1, 0.15) is 0 Å². The van der Waals surface area contributed by atoms with Crippen LogP contribution in [0.4, 0.5) is 0 Å². The van der Waals surface area contributed by atoms with Gasteiger partial charge in [0, 0.05) is 11.9 Å². The van der Waals surface area contributed by atoms with E-state index in [0.29, 0.717) is 10.0 Å². The van der Waals surface area contributed by atoms with Gasteiger partial charge in [0.05, 0.1) is 15.7 Å². The molecule has 0 aliphatic heterocycles. The van der Waals surface area contributed by atoms with Crippen molar-refractivity contribution in [2.24, 2.45) is 0 Å². The predicted molar refractivity (Wildman–Crippen MR) is 54.7 cm³/mol. The van der Waals surface area contributed by atoms with Crippen LogP contribution < -0.4 is 0 Å². The molecule has 0 radical (unpaired) electrons. The van der Waals surface area contributed by atoms with E-state index in [1.807, 2.05) is 24.4 Å². The van der Waals surface area contributed by atoms with Crippen molar-refractivity contribution >= 4 is 28.8 Å². The molecule has 0 spiro atoms. The number of hydrogen-bond donors (Lipinski definition) is 0. The van der Waals surface area contributed by atoms with Crippen molar-refractivity contribution < 1.29 is 0 Å². The van der Waals surface area contributed by atoms with Crippen LogP contribution in [-0.4, -0.2) is 9.38 Å². The fourth-order valence-corrected chi connectivity index (χ4v) is 1.82. The highest BCUT2D eigenvalue weighted by Crippen LogP contribution is 2.25. The van der Waals surface area contributed by atoms with Gasteiger partial charge < -0.3 is 4.40 Å². The molecule has 0 amide bonds. The van der Waals surface area contributed by atoms with Crippen LogP contribution in [0.2, 0.25) is 10.0 Å². The summed E-state index contributed by atoms with van der Waals surface area (Å²) in [6.07, 6.45) is 1.92. The van der Waals surface area contributed by atoms with Crippen LogP contribution in [0.3, 0.4) is 0 Å². The molecule has 0 N–H and O–H groups in total. The Morgan fingerprint density at radius 1 is 1.23 bits per heavy atom. The maximum absolute atomic E-state index is 5.98. The second kappa shape index (κ2) is 2.89. The van der Waals surface area contributed by atoms with Gasteiger partial charge in [0.15, 0.2) is 5.65 Å². The quantitative estimate of drug-likeness (QED) is 0.659. The average molecular weight is 215 g/mol. The smallest absolute Gasteiger partial charge is 0.156 e. The number of aromatic nitrogens is 2. The van der Waals surface area contributed by atoms with Gasteiger partial charge in [0.25, 0.3) is 0 Å². The zero-order valence-corrected chi connectivity index (χ0v) is 8.82. The summed E-state index contributed by atoms with van der Waals surface area (Å²) in [5, 5.41) is 1.25. The number of imidazole rings is 1. The summed E-state index contributed by atoms with van der Waals surface area (Å²) in [5.41, 5.74) is 2.66. The minimum atomic E-state index is 0.587. The first-order valence-corrected chi connectivity index (χ1v) is 4.65. The molecule has 13 heavy (non-hydrogen) atoms. The first-order chi connectivity index (χ1) is 6.09. The van der Waals surface area contributed by atoms with Crippen molar-refractivity contribution in [2.75, 3.05) is 0 Å². The maximum atomic E-state index is 5.98. The van der Waals surface area contributed by atoms with E-state index in [2.05, 4.69) is 4.98 Å². The highest BCUT2D eigenvalue weighted by atomic mass is 35.5. The van der Waals surface area contributed by atoms with Crippen LogP contribution in [0.15, 0.2) is 12.3 Å². The Bertz CT molecular complexity index is 474. The van der Waals surface area contributed by atoms with Gasteiger partial charge in [-0.05, 0) is 19.9 Å². The molecule has 2 nitrogen and oxygen atoms in total. The standard InChI is InChI=1S/C9H8Cl2N2/c1-5-4-13-6(2)7(10)3-8(11)9(13)12-5/h3-4H,1-2H3. The van der Waals surface area contributed by atoms with Crippen molar-refractivity contribution in [3.8, 4) is 0 Å². The fourth-order valence-electron chi connectivity index (χ4n) is 1.32. The zero-order valence-electron chi connectivity index (χ0n) is 7.31. The first-order valence-electron chi connectivity index (χ1n) is 3.90. The number of aryl methyl sites for hydroxylation is 2. The van der Waals surface area contributed by atoms with E-state index in [9.17, 15) is 0 Å². The number of halogens is 2. The number of pyridine rings is 1. The van der Waals surface area contributed by atoms with E-state index in [1.165, 1.54) is 0 Å². The molecular weight excluding hydrogens is 207 g/mol. The molecule has 68 valence electrons. The molecule has 0 aliphatic rings. The Kier molecular flexibility index (Phi) is 1.97. The summed E-state index contributed by atoms with van der Waals surface area (Å²) in [4.78, 5) is 4.29. The van der Waals surface area contributed by atoms with Gasteiger partial charge in [-0.1, -0.05) is 23.2 Å². The Labute approximate surface area is 86.1 Å². The van der Waals surface area contributed by atoms with Crippen molar-refractivity contribution in [3.63, 3.8) is 0 Å². The Morgan fingerprint density at radius 3 is 2.62 bits per heavy atom. The number of hydrogen-bond acceptors (Lipinski definition) is 1. The molecule has 0 saturated carbocycles. The molecule has 0 bridgehead atoms. The summed E-state index contributed by atoms with van der Waals surface area (Å²) in [5.74, 6) is 0. The normalized spacial score (nSPS) is 11.1. The zero-order chi connectivity index (χ0) is 9.59. The minimum absolute atomic E-state index is 0.587. The number of nitrogens with zero attached hydrogens (tertiary/aromatic N) is 2. The molecule has 2 heterocycles. The molecule has 2 rings (SSSR count). The summed E-state index contributed by atoms with van der Waals surface area (Å²) >= 11 is 11.9. The summed E-state index contributed by atoms with van der Waals surface area (Å²) in [6.45, 7) is 3.86. The molecule has 0 unspecified atom stereocenters. The lowest BCUT2D eigenvalue weighted by molar-refractivity contribution is 1.09. The van der Waals surface area contributed by atoms with Crippen LogP contribution in [-0.2, 0) is 0 Å². The van der Waals surface area contributed by atoms with Crippen molar-refractivity contribution in [3.05, 3.63) is 33.7 Å². The van der Waals surface area contributed by atoms with Gasteiger partial charge in [-0.2, -0.15) is 0 Å². The molecule has 2 aromatic rings. The molecule has 0 fully saturated rings.